The van der Waals surface area contributed by atoms with Gasteiger partial charge in [0.15, 0.2) is 11.5 Å². The van der Waals surface area contributed by atoms with E-state index >= 15 is 0 Å². The Morgan fingerprint density at radius 3 is 2.18 bits per heavy atom. The molecule has 0 saturated heterocycles. The van der Waals surface area contributed by atoms with Gasteiger partial charge in [0, 0.05) is 25.3 Å². The largest absolute Gasteiger partial charge is 0.493 e. The van der Waals surface area contributed by atoms with Crippen molar-refractivity contribution in [3.63, 3.8) is 0 Å². The average Bonchev–Trinajstić information content (AvgIpc) is 2.86. The van der Waals surface area contributed by atoms with Crippen LogP contribution in [0.3, 0.4) is 0 Å². The number of amides is 1. The molecule has 0 heterocycles. The third-order valence-electron chi connectivity index (χ3n) is 5.39. The number of nitrogens with zero attached hydrogens (tertiary/aromatic N) is 2. The van der Waals surface area contributed by atoms with Crippen molar-refractivity contribution < 1.29 is 27.1 Å². The molecule has 0 aromatic heterocycles. The van der Waals surface area contributed by atoms with Gasteiger partial charge in [-0.1, -0.05) is 30.3 Å². The predicted molar refractivity (Wildman–Crippen MR) is 128 cm³/mol. The minimum Gasteiger partial charge on any atom is -0.493 e. The lowest BCUT2D eigenvalue weighted by molar-refractivity contribution is -0.118. The lowest BCUT2D eigenvalue weighted by Crippen LogP contribution is -2.42. The highest BCUT2D eigenvalue weighted by Crippen LogP contribution is 2.31. The zero-order valence-electron chi connectivity index (χ0n) is 19.3. The third kappa shape index (κ3) is 5.92. The lowest BCUT2D eigenvalue weighted by Gasteiger charge is -2.25. The van der Waals surface area contributed by atoms with Crippen LogP contribution in [-0.4, -0.2) is 53.0 Å². The SMILES string of the molecule is COc1ccc(S(=O)(=O)N(CCc2ccccc2)CC(=O)N(C)c2ccc(F)cc2)cc1OC. The summed E-state index contributed by atoms with van der Waals surface area (Å²) >= 11 is 0. The van der Waals surface area contributed by atoms with Gasteiger partial charge in [0.25, 0.3) is 0 Å². The normalized spacial score (nSPS) is 11.3. The third-order valence-corrected chi connectivity index (χ3v) is 7.23. The quantitative estimate of drug-likeness (QED) is 0.436. The maximum Gasteiger partial charge on any atom is 0.243 e. The highest BCUT2D eigenvalue weighted by molar-refractivity contribution is 7.89. The van der Waals surface area contributed by atoms with Gasteiger partial charge in [-0.3, -0.25) is 4.79 Å². The highest BCUT2D eigenvalue weighted by Gasteiger charge is 2.29. The van der Waals surface area contributed by atoms with Crippen LogP contribution in [0.2, 0.25) is 0 Å². The summed E-state index contributed by atoms with van der Waals surface area (Å²) in [5.74, 6) is -0.223. The topological polar surface area (TPSA) is 76.2 Å². The molecule has 0 fully saturated rings. The predicted octanol–water partition coefficient (Wildman–Crippen LogP) is 3.74. The van der Waals surface area contributed by atoms with Crippen LogP contribution in [-0.2, 0) is 21.2 Å². The maximum atomic E-state index is 13.6. The van der Waals surface area contributed by atoms with E-state index in [0.717, 1.165) is 9.87 Å². The van der Waals surface area contributed by atoms with E-state index < -0.39 is 28.3 Å². The number of carbonyl (C=O) groups is 1. The average molecular weight is 487 g/mol. The Bertz CT molecular complexity index is 1220. The van der Waals surface area contributed by atoms with Crippen molar-refractivity contribution in [2.45, 2.75) is 11.3 Å². The number of hydrogen-bond donors (Lipinski definition) is 0. The first-order valence-electron chi connectivity index (χ1n) is 10.5. The van der Waals surface area contributed by atoms with Crippen LogP contribution in [0, 0.1) is 5.82 Å². The summed E-state index contributed by atoms with van der Waals surface area (Å²) < 4.78 is 52.0. The van der Waals surface area contributed by atoms with Crippen LogP contribution in [0.1, 0.15) is 5.56 Å². The molecular weight excluding hydrogens is 459 g/mol. The van der Waals surface area contributed by atoms with Crippen LogP contribution in [0.4, 0.5) is 10.1 Å². The number of sulfonamides is 1. The molecule has 0 aliphatic rings. The molecule has 0 radical (unpaired) electrons. The summed E-state index contributed by atoms with van der Waals surface area (Å²) in [4.78, 5) is 14.3. The Balaban J connectivity index is 1.90. The van der Waals surface area contributed by atoms with Gasteiger partial charge < -0.3 is 14.4 Å². The minimum atomic E-state index is -4.06. The second-order valence-electron chi connectivity index (χ2n) is 7.52. The van der Waals surface area contributed by atoms with E-state index in [2.05, 4.69) is 0 Å². The fourth-order valence-corrected chi connectivity index (χ4v) is 4.78. The molecule has 0 spiro atoms. The fraction of sp³-hybridized carbons (Fsp3) is 0.240. The summed E-state index contributed by atoms with van der Waals surface area (Å²) in [6, 6.07) is 19.1. The van der Waals surface area contributed by atoms with Crippen LogP contribution < -0.4 is 14.4 Å². The molecule has 3 rings (SSSR count). The number of anilines is 1. The second-order valence-corrected chi connectivity index (χ2v) is 9.46. The second kappa shape index (κ2) is 11.1. The van der Waals surface area contributed by atoms with Crippen LogP contribution in [0.25, 0.3) is 0 Å². The van der Waals surface area contributed by atoms with Gasteiger partial charge in [0.2, 0.25) is 15.9 Å². The molecule has 34 heavy (non-hydrogen) atoms. The first-order valence-corrected chi connectivity index (χ1v) is 12.0. The molecule has 0 atom stereocenters. The smallest absolute Gasteiger partial charge is 0.243 e. The maximum absolute atomic E-state index is 13.6. The Hall–Kier alpha value is -3.43. The molecule has 1 amide bonds. The van der Waals surface area contributed by atoms with Crippen molar-refractivity contribution >= 4 is 21.6 Å². The number of benzene rings is 3. The summed E-state index contributed by atoms with van der Waals surface area (Å²) in [6.07, 6.45) is 0.418. The molecule has 3 aromatic carbocycles. The number of ether oxygens (including phenoxy) is 2. The Morgan fingerprint density at radius 1 is 0.912 bits per heavy atom. The number of likely N-dealkylation sites (N-methyl/N-ethyl adjacent to an activating group) is 1. The number of halogens is 1. The van der Waals surface area contributed by atoms with Gasteiger partial charge in [0.05, 0.1) is 25.7 Å². The van der Waals surface area contributed by atoms with Crippen LogP contribution in [0.15, 0.2) is 77.7 Å². The molecule has 0 aliphatic heterocycles. The molecule has 0 saturated carbocycles. The Kier molecular flexibility index (Phi) is 8.25. The first-order chi connectivity index (χ1) is 16.3. The summed E-state index contributed by atoms with van der Waals surface area (Å²) in [5, 5.41) is 0. The summed E-state index contributed by atoms with van der Waals surface area (Å²) in [7, 11) is 0.346. The Labute approximate surface area is 199 Å². The standard InChI is InChI=1S/C25H27FN2O5S/c1-27(21-11-9-20(26)10-12-21)25(29)18-28(16-15-19-7-5-4-6-8-19)34(30,31)22-13-14-23(32-2)24(17-22)33-3/h4-14,17H,15-16,18H2,1-3H3. The molecule has 0 aliphatic carbocycles. The van der Waals surface area contributed by atoms with Crippen molar-refractivity contribution in [2.24, 2.45) is 0 Å². The zero-order chi connectivity index (χ0) is 24.7. The monoisotopic (exact) mass is 486 g/mol. The van der Waals surface area contributed by atoms with Gasteiger partial charge in [0.1, 0.15) is 5.82 Å². The van der Waals surface area contributed by atoms with Gasteiger partial charge in [-0.25, -0.2) is 12.8 Å². The Morgan fingerprint density at radius 2 is 1.56 bits per heavy atom. The summed E-state index contributed by atoms with van der Waals surface area (Å²) in [6.45, 7) is -0.304. The van der Waals surface area contributed by atoms with Crippen molar-refractivity contribution in [2.75, 3.05) is 39.3 Å². The lowest BCUT2D eigenvalue weighted by atomic mass is 10.1. The van der Waals surface area contributed by atoms with E-state index in [-0.39, 0.29) is 17.2 Å². The minimum absolute atomic E-state index is 0.0181. The van der Waals surface area contributed by atoms with E-state index in [9.17, 15) is 17.6 Å². The molecule has 3 aromatic rings. The van der Waals surface area contributed by atoms with Gasteiger partial charge >= 0.3 is 0 Å². The van der Waals surface area contributed by atoms with E-state index in [4.69, 9.17) is 9.47 Å². The zero-order valence-corrected chi connectivity index (χ0v) is 20.1. The molecular formula is C25H27FN2O5S. The van der Waals surface area contributed by atoms with E-state index in [1.807, 2.05) is 30.3 Å². The molecule has 0 bridgehead atoms. The highest BCUT2D eigenvalue weighted by atomic mass is 32.2. The summed E-state index contributed by atoms with van der Waals surface area (Å²) in [5.41, 5.74) is 1.40. The molecule has 0 N–H and O–H groups in total. The van der Waals surface area contributed by atoms with Crippen molar-refractivity contribution in [3.05, 3.63) is 84.2 Å². The van der Waals surface area contributed by atoms with Crippen molar-refractivity contribution in [3.8, 4) is 11.5 Å². The van der Waals surface area contributed by atoms with Crippen LogP contribution in [0.5, 0.6) is 11.5 Å². The van der Waals surface area contributed by atoms with Gasteiger partial charge in [-0.05, 0) is 48.4 Å². The van der Waals surface area contributed by atoms with E-state index in [1.54, 1.807) is 0 Å². The molecule has 0 unspecified atom stereocenters. The van der Waals surface area contributed by atoms with Crippen molar-refractivity contribution in [1.82, 2.24) is 4.31 Å². The number of carbonyl (C=O) groups excluding carboxylic acids is 1. The van der Waals surface area contributed by atoms with E-state index in [1.165, 1.54) is 68.6 Å². The van der Waals surface area contributed by atoms with E-state index in [0.29, 0.717) is 17.9 Å². The fourth-order valence-electron chi connectivity index (χ4n) is 3.37. The first kappa shape index (κ1) is 25.2. The van der Waals surface area contributed by atoms with Gasteiger partial charge in [-0.15, -0.1) is 0 Å². The molecule has 9 heteroatoms. The number of hydrogen-bond acceptors (Lipinski definition) is 5. The molecule has 7 nitrogen and oxygen atoms in total. The number of methoxy groups -OCH3 is 2. The van der Waals surface area contributed by atoms with Gasteiger partial charge in [-0.2, -0.15) is 4.31 Å². The molecule has 180 valence electrons. The van der Waals surface area contributed by atoms with Crippen LogP contribution >= 0.6 is 0 Å². The van der Waals surface area contributed by atoms with Crippen molar-refractivity contribution in [1.29, 1.82) is 0 Å². The number of rotatable bonds is 10.